The fourth-order valence-corrected chi connectivity index (χ4v) is 2.18. The predicted octanol–water partition coefficient (Wildman–Crippen LogP) is 3.64. The summed E-state index contributed by atoms with van der Waals surface area (Å²) in [6, 6.07) is 15.4. The van der Waals surface area contributed by atoms with Crippen LogP contribution in [0.1, 0.15) is 11.1 Å². The molecule has 116 valence electrons. The van der Waals surface area contributed by atoms with Crippen LogP contribution < -0.4 is 15.4 Å². The van der Waals surface area contributed by atoms with Gasteiger partial charge in [-0.3, -0.25) is 0 Å². The van der Waals surface area contributed by atoms with Crippen LogP contribution in [0, 0.1) is 6.92 Å². The van der Waals surface area contributed by atoms with E-state index in [1.54, 1.807) is 0 Å². The standard InChI is InChI=1S/C17H19BrN2O2/c1-13-4-2-3-5-14(13)12-20-17(21)19-10-11-22-16-8-6-15(18)7-9-16/h2-9H,10-12H2,1H3,(H2,19,20,21). The average Bonchev–Trinajstić information content (AvgIpc) is 2.52. The molecule has 2 aromatic carbocycles. The monoisotopic (exact) mass is 362 g/mol. The first-order valence-electron chi connectivity index (χ1n) is 7.10. The van der Waals surface area contributed by atoms with Crippen LogP contribution in [0.3, 0.4) is 0 Å². The lowest BCUT2D eigenvalue weighted by molar-refractivity contribution is 0.236. The van der Waals surface area contributed by atoms with Crippen LogP contribution in [0.5, 0.6) is 5.75 Å². The van der Waals surface area contributed by atoms with E-state index in [0.717, 1.165) is 15.8 Å². The highest BCUT2D eigenvalue weighted by Gasteiger charge is 2.02. The zero-order chi connectivity index (χ0) is 15.8. The Morgan fingerprint density at radius 1 is 1.09 bits per heavy atom. The number of urea groups is 1. The summed E-state index contributed by atoms with van der Waals surface area (Å²) in [7, 11) is 0. The Morgan fingerprint density at radius 2 is 1.82 bits per heavy atom. The molecule has 5 heteroatoms. The summed E-state index contributed by atoms with van der Waals surface area (Å²) < 4.78 is 6.54. The highest BCUT2D eigenvalue weighted by molar-refractivity contribution is 9.10. The van der Waals surface area contributed by atoms with Gasteiger partial charge in [0, 0.05) is 11.0 Å². The molecule has 0 aliphatic rings. The van der Waals surface area contributed by atoms with Crippen molar-refractivity contribution in [2.24, 2.45) is 0 Å². The van der Waals surface area contributed by atoms with E-state index >= 15 is 0 Å². The minimum absolute atomic E-state index is 0.192. The molecule has 22 heavy (non-hydrogen) atoms. The lowest BCUT2D eigenvalue weighted by Gasteiger charge is -2.10. The molecular weight excluding hydrogens is 344 g/mol. The lowest BCUT2D eigenvalue weighted by Crippen LogP contribution is -2.37. The Bertz CT molecular complexity index is 614. The van der Waals surface area contributed by atoms with Gasteiger partial charge in [0.25, 0.3) is 0 Å². The van der Waals surface area contributed by atoms with E-state index in [-0.39, 0.29) is 6.03 Å². The Balaban J connectivity index is 1.64. The third-order valence-corrected chi connectivity index (χ3v) is 3.70. The summed E-state index contributed by atoms with van der Waals surface area (Å²) in [6.45, 7) is 3.43. The molecule has 0 saturated carbocycles. The van der Waals surface area contributed by atoms with Crippen molar-refractivity contribution in [1.29, 1.82) is 0 Å². The van der Waals surface area contributed by atoms with Gasteiger partial charge in [0.15, 0.2) is 0 Å². The van der Waals surface area contributed by atoms with E-state index in [0.29, 0.717) is 19.7 Å². The van der Waals surface area contributed by atoms with E-state index in [9.17, 15) is 4.79 Å². The third-order valence-electron chi connectivity index (χ3n) is 3.17. The van der Waals surface area contributed by atoms with E-state index < -0.39 is 0 Å². The van der Waals surface area contributed by atoms with Crippen LogP contribution in [0.15, 0.2) is 53.0 Å². The third kappa shape index (κ3) is 5.41. The number of carbonyl (C=O) groups excluding carboxylic acids is 1. The number of rotatable bonds is 6. The Kier molecular flexibility index (Phi) is 6.27. The summed E-state index contributed by atoms with van der Waals surface area (Å²) in [6.07, 6.45) is 0. The van der Waals surface area contributed by atoms with Gasteiger partial charge in [-0.25, -0.2) is 4.79 Å². The molecule has 0 atom stereocenters. The van der Waals surface area contributed by atoms with Gasteiger partial charge in [0.2, 0.25) is 0 Å². The zero-order valence-corrected chi connectivity index (χ0v) is 14.0. The number of hydrogen-bond donors (Lipinski definition) is 2. The number of carbonyl (C=O) groups is 1. The summed E-state index contributed by atoms with van der Waals surface area (Å²) >= 11 is 3.37. The average molecular weight is 363 g/mol. The number of aryl methyl sites for hydroxylation is 1. The van der Waals surface area contributed by atoms with Crippen molar-refractivity contribution in [1.82, 2.24) is 10.6 Å². The highest BCUT2D eigenvalue weighted by Crippen LogP contribution is 2.15. The molecule has 0 spiro atoms. The molecule has 0 heterocycles. The fraction of sp³-hybridized carbons (Fsp3) is 0.235. The molecule has 2 rings (SSSR count). The van der Waals surface area contributed by atoms with Crippen LogP contribution in [-0.4, -0.2) is 19.2 Å². The maximum Gasteiger partial charge on any atom is 0.315 e. The SMILES string of the molecule is Cc1ccccc1CNC(=O)NCCOc1ccc(Br)cc1. The van der Waals surface area contributed by atoms with Crippen molar-refractivity contribution in [3.63, 3.8) is 0 Å². The minimum Gasteiger partial charge on any atom is -0.492 e. The first-order valence-corrected chi connectivity index (χ1v) is 7.89. The smallest absolute Gasteiger partial charge is 0.315 e. The van der Waals surface area contributed by atoms with Crippen LogP contribution in [0.4, 0.5) is 4.79 Å². The molecule has 0 unspecified atom stereocenters. The summed E-state index contributed by atoms with van der Waals surface area (Å²) in [4.78, 5) is 11.7. The predicted molar refractivity (Wildman–Crippen MR) is 91.1 cm³/mol. The normalized spacial score (nSPS) is 10.1. The van der Waals surface area contributed by atoms with Crippen LogP contribution >= 0.6 is 15.9 Å². The zero-order valence-electron chi connectivity index (χ0n) is 12.4. The van der Waals surface area contributed by atoms with Crippen molar-refractivity contribution in [2.45, 2.75) is 13.5 Å². The van der Waals surface area contributed by atoms with Crippen LogP contribution in [0.25, 0.3) is 0 Å². The van der Waals surface area contributed by atoms with Crippen molar-refractivity contribution in [3.8, 4) is 5.75 Å². The van der Waals surface area contributed by atoms with Gasteiger partial charge in [0.05, 0.1) is 6.54 Å². The van der Waals surface area contributed by atoms with Crippen molar-refractivity contribution < 1.29 is 9.53 Å². The van der Waals surface area contributed by atoms with E-state index in [1.165, 1.54) is 5.56 Å². The molecule has 0 radical (unpaired) electrons. The largest absolute Gasteiger partial charge is 0.492 e. The Labute approximate surface area is 139 Å². The van der Waals surface area contributed by atoms with Gasteiger partial charge < -0.3 is 15.4 Å². The van der Waals surface area contributed by atoms with Gasteiger partial charge in [0.1, 0.15) is 12.4 Å². The number of benzene rings is 2. The van der Waals surface area contributed by atoms with Gasteiger partial charge in [-0.2, -0.15) is 0 Å². The first kappa shape index (κ1) is 16.4. The second-order valence-electron chi connectivity index (χ2n) is 4.84. The maximum absolute atomic E-state index is 11.7. The maximum atomic E-state index is 11.7. The van der Waals surface area contributed by atoms with Crippen LogP contribution in [-0.2, 0) is 6.54 Å². The van der Waals surface area contributed by atoms with Crippen molar-refractivity contribution in [2.75, 3.05) is 13.2 Å². The van der Waals surface area contributed by atoms with E-state index in [2.05, 4.69) is 26.6 Å². The molecule has 0 fully saturated rings. The fourth-order valence-electron chi connectivity index (χ4n) is 1.91. The molecule has 4 nitrogen and oxygen atoms in total. The molecule has 0 aliphatic heterocycles. The van der Waals surface area contributed by atoms with E-state index in [1.807, 2.05) is 55.5 Å². The number of amides is 2. The summed E-state index contributed by atoms with van der Waals surface area (Å²) in [5.41, 5.74) is 2.28. The van der Waals surface area contributed by atoms with Crippen LogP contribution in [0.2, 0.25) is 0 Å². The quantitative estimate of drug-likeness (QED) is 0.770. The second kappa shape index (κ2) is 8.44. The topological polar surface area (TPSA) is 50.4 Å². The molecule has 0 aromatic heterocycles. The molecular formula is C17H19BrN2O2. The Morgan fingerprint density at radius 3 is 2.55 bits per heavy atom. The molecule has 2 aromatic rings. The number of nitrogens with one attached hydrogen (secondary N) is 2. The van der Waals surface area contributed by atoms with Gasteiger partial charge in [-0.15, -0.1) is 0 Å². The number of ether oxygens (including phenoxy) is 1. The summed E-state index contributed by atoms with van der Waals surface area (Å²) in [5.74, 6) is 0.783. The molecule has 0 bridgehead atoms. The first-order chi connectivity index (χ1) is 10.6. The van der Waals surface area contributed by atoms with Gasteiger partial charge in [-0.1, -0.05) is 40.2 Å². The van der Waals surface area contributed by atoms with Gasteiger partial charge in [-0.05, 0) is 42.3 Å². The van der Waals surface area contributed by atoms with Crippen molar-refractivity contribution >= 4 is 22.0 Å². The molecule has 0 aliphatic carbocycles. The number of hydrogen-bond acceptors (Lipinski definition) is 2. The number of halogens is 1. The highest BCUT2D eigenvalue weighted by atomic mass is 79.9. The summed E-state index contributed by atoms with van der Waals surface area (Å²) in [5, 5.41) is 5.60. The minimum atomic E-state index is -0.192. The van der Waals surface area contributed by atoms with E-state index in [4.69, 9.17) is 4.74 Å². The molecule has 2 amide bonds. The second-order valence-corrected chi connectivity index (χ2v) is 5.75. The Hall–Kier alpha value is -2.01. The lowest BCUT2D eigenvalue weighted by atomic mass is 10.1. The van der Waals surface area contributed by atoms with Gasteiger partial charge >= 0.3 is 6.03 Å². The van der Waals surface area contributed by atoms with Crippen molar-refractivity contribution in [3.05, 3.63) is 64.1 Å². The molecule has 2 N–H and O–H groups in total. The molecule has 0 saturated heterocycles.